The number of rotatable bonds is 7. The Kier molecular flexibility index (Phi) is 9.48. The van der Waals surface area contributed by atoms with E-state index >= 15 is 0 Å². The molecule has 240 valence electrons. The summed E-state index contributed by atoms with van der Waals surface area (Å²) in [6.45, 7) is 15.5. The second kappa shape index (κ2) is 12.9. The predicted molar refractivity (Wildman–Crippen MR) is 178 cm³/mol. The third-order valence-electron chi connectivity index (χ3n) is 8.95. The summed E-state index contributed by atoms with van der Waals surface area (Å²) in [5.41, 5.74) is -0.0277. The molecule has 5 rings (SSSR count). The Morgan fingerprint density at radius 2 is 1.53 bits per heavy atom. The van der Waals surface area contributed by atoms with Gasteiger partial charge in [0.05, 0.1) is 18.8 Å². The number of benzene rings is 2. The fourth-order valence-electron chi connectivity index (χ4n) is 6.14. The van der Waals surface area contributed by atoms with Crippen molar-refractivity contribution in [2.45, 2.75) is 58.0 Å². The molecule has 3 heterocycles. The Morgan fingerprint density at radius 1 is 0.956 bits per heavy atom. The summed E-state index contributed by atoms with van der Waals surface area (Å²) in [5, 5.41) is 10.7. The zero-order valence-corrected chi connectivity index (χ0v) is 28.4. The molecule has 1 aromatic heterocycles. The predicted octanol–water partition coefficient (Wildman–Crippen LogP) is 6.10. The van der Waals surface area contributed by atoms with Crippen LogP contribution in [0.5, 0.6) is 5.88 Å². The lowest BCUT2D eigenvalue weighted by Crippen LogP contribution is -2.60. The molecular weight excluding hydrogens is 611 g/mol. The lowest BCUT2D eigenvalue weighted by molar-refractivity contribution is 0.0819. The maximum Gasteiger partial charge on any atom is 0.326 e. The van der Waals surface area contributed by atoms with Crippen LogP contribution >= 0.6 is 23.2 Å². The van der Waals surface area contributed by atoms with Crippen LogP contribution < -0.4 is 4.74 Å². The molecule has 2 aromatic carbocycles. The fourth-order valence-corrected chi connectivity index (χ4v) is 6.39. The SMILES string of the molecule is CCOc1nc(C(C)(C)C)ncc1C1=NC(C)(c2ccc(Cl)cc2)C(C)(c2ccc(Cl)cc2)N1C(=O)N1CCN(CCO)CC1. The molecule has 0 aliphatic carbocycles. The van der Waals surface area contributed by atoms with Gasteiger partial charge in [-0.25, -0.2) is 9.78 Å². The Balaban J connectivity index is 1.75. The second-order valence-corrected chi connectivity index (χ2v) is 13.7. The molecule has 2 amide bonds. The maximum atomic E-state index is 14.9. The Bertz CT molecular complexity index is 1550. The first-order chi connectivity index (χ1) is 21.3. The van der Waals surface area contributed by atoms with Crippen LogP contribution in [0.4, 0.5) is 4.79 Å². The highest BCUT2D eigenvalue weighted by Crippen LogP contribution is 2.54. The smallest absolute Gasteiger partial charge is 0.326 e. The highest BCUT2D eigenvalue weighted by molar-refractivity contribution is 6.30. The summed E-state index contributed by atoms with van der Waals surface area (Å²) in [6, 6.07) is 15.0. The lowest BCUT2D eigenvalue weighted by Gasteiger charge is -2.47. The number of halogens is 2. The summed E-state index contributed by atoms with van der Waals surface area (Å²) >= 11 is 12.7. The lowest BCUT2D eigenvalue weighted by atomic mass is 9.71. The minimum absolute atomic E-state index is 0.0791. The summed E-state index contributed by atoms with van der Waals surface area (Å²) in [7, 11) is 0. The number of aromatic nitrogens is 2. The van der Waals surface area contributed by atoms with E-state index in [-0.39, 0.29) is 18.1 Å². The maximum absolute atomic E-state index is 14.9. The van der Waals surface area contributed by atoms with Crippen molar-refractivity contribution in [1.29, 1.82) is 0 Å². The number of hydrogen-bond donors (Lipinski definition) is 1. The van der Waals surface area contributed by atoms with Crippen molar-refractivity contribution in [1.82, 2.24) is 24.7 Å². The number of aliphatic hydroxyl groups excluding tert-OH is 1. The van der Waals surface area contributed by atoms with E-state index in [0.717, 1.165) is 11.1 Å². The largest absolute Gasteiger partial charge is 0.477 e. The van der Waals surface area contributed by atoms with Gasteiger partial charge in [0, 0.05) is 54.4 Å². The van der Waals surface area contributed by atoms with Crippen molar-refractivity contribution < 1.29 is 14.6 Å². The summed E-state index contributed by atoms with van der Waals surface area (Å²) < 4.78 is 6.13. The number of carbonyl (C=O) groups is 1. The van der Waals surface area contributed by atoms with Crippen LogP contribution in [0.2, 0.25) is 10.0 Å². The monoisotopic (exact) mass is 652 g/mol. The molecule has 45 heavy (non-hydrogen) atoms. The van der Waals surface area contributed by atoms with Gasteiger partial charge in [-0.15, -0.1) is 0 Å². The van der Waals surface area contributed by atoms with E-state index in [1.54, 1.807) is 11.1 Å². The first-order valence-corrected chi connectivity index (χ1v) is 16.1. The van der Waals surface area contributed by atoms with Crippen LogP contribution in [0.3, 0.4) is 0 Å². The molecule has 1 fully saturated rings. The quantitative estimate of drug-likeness (QED) is 0.331. The van der Waals surface area contributed by atoms with E-state index in [4.69, 9.17) is 42.9 Å². The Hall–Kier alpha value is -3.24. The van der Waals surface area contributed by atoms with Gasteiger partial charge in [-0.3, -0.25) is 14.8 Å². The number of hydrogen-bond acceptors (Lipinski definition) is 7. The van der Waals surface area contributed by atoms with Crippen LogP contribution in [-0.4, -0.2) is 87.6 Å². The third kappa shape index (κ3) is 6.15. The van der Waals surface area contributed by atoms with Gasteiger partial charge < -0.3 is 14.7 Å². The van der Waals surface area contributed by atoms with E-state index in [0.29, 0.717) is 72.5 Å². The second-order valence-electron chi connectivity index (χ2n) is 12.9. The van der Waals surface area contributed by atoms with Gasteiger partial charge in [-0.2, -0.15) is 4.98 Å². The van der Waals surface area contributed by atoms with Crippen molar-refractivity contribution in [3.8, 4) is 5.88 Å². The van der Waals surface area contributed by atoms with E-state index in [1.165, 1.54) is 0 Å². The summed E-state index contributed by atoms with van der Waals surface area (Å²) in [6.07, 6.45) is 1.73. The van der Waals surface area contributed by atoms with Gasteiger partial charge in [0.25, 0.3) is 0 Å². The molecule has 3 aromatic rings. The minimum Gasteiger partial charge on any atom is -0.477 e. The molecule has 0 saturated carbocycles. The van der Waals surface area contributed by atoms with Gasteiger partial charge in [0.2, 0.25) is 5.88 Å². The number of carbonyl (C=O) groups excluding carboxylic acids is 1. The number of ether oxygens (including phenoxy) is 1. The van der Waals surface area contributed by atoms with Crippen LogP contribution in [-0.2, 0) is 16.5 Å². The number of aliphatic hydroxyl groups is 1. The van der Waals surface area contributed by atoms with Crippen molar-refractivity contribution in [3.05, 3.63) is 87.3 Å². The number of amidine groups is 1. The zero-order valence-electron chi connectivity index (χ0n) is 26.8. The molecule has 0 radical (unpaired) electrons. The van der Waals surface area contributed by atoms with Crippen LogP contribution in [0, 0.1) is 0 Å². The number of amides is 2. The number of aliphatic imine (C=N–C) groups is 1. The average Bonchev–Trinajstić information content (AvgIpc) is 3.25. The summed E-state index contributed by atoms with van der Waals surface area (Å²) in [4.78, 5) is 35.8. The van der Waals surface area contributed by atoms with E-state index in [1.807, 2.05) is 95.0 Å². The molecule has 1 saturated heterocycles. The number of piperazine rings is 1. The molecule has 2 aliphatic heterocycles. The highest BCUT2D eigenvalue weighted by Gasteiger charge is 2.60. The van der Waals surface area contributed by atoms with Crippen LogP contribution in [0.25, 0.3) is 0 Å². The summed E-state index contributed by atoms with van der Waals surface area (Å²) in [5.74, 6) is 1.43. The van der Waals surface area contributed by atoms with Gasteiger partial charge >= 0.3 is 6.03 Å². The zero-order chi connectivity index (χ0) is 32.6. The molecule has 2 atom stereocenters. The molecule has 2 unspecified atom stereocenters. The van der Waals surface area contributed by atoms with Crippen molar-refractivity contribution >= 4 is 35.1 Å². The van der Waals surface area contributed by atoms with Crippen LogP contribution in [0.1, 0.15) is 64.1 Å². The average molecular weight is 654 g/mol. The Labute approximate surface area is 275 Å². The molecule has 1 N–H and O–H groups in total. The standard InChI is InChI=1S/C34H42Cl2N6O3/c1-7-45-29-27(22-37-30(38-29)32(2,3)4)28-39-33(5,23-8-12-25(35)13-9-23)34(6,24-10-14-26(36)15-11-24)42(28)31(44)41-18-16-40(17-19-41)20-21-43/h8-15,22,43H,7,16-21H2,1-6H3. The molecule has 9 nitrogen and oxygen atoms in total. The van der Waals surface area contributed by atoms with Crippen molar-refractivity contribution in [3.63, 3.8) is 0 Å². The molecule has 11 heteroatoms. The number of urea groups is 1. The van der Waals surface area contributed by atoms with Crippen molar-refractivity contribution in [2.75, 3.05) is 45.9 Å². The first kappa shape index (κ1) is 33.1. The van der Waals surface area contributed by atoms with Crippen LogP contribution in [0.15, 0.2) is 59.7 Å². The number of nitrogens with zero attached hydrogens (tertiary/aromatic N) is 6. The Morgan fingerprint density at radius 3 is 2.07 bits per heavy atom. The molecule has 0 spiro atoms. The van der Waals surface area contributed by atoms with Gasteiger partial charge in [0.1, 0.15) is 22.7 Å². The minimum atomic E-state index is -1.02. The van der Waals surface area contributed by atoms with Crippen molar-refractivity contribution in [2.24, 2.45) is 4.99 Å². The molecular formula is C34H42Cl2N6O3. The third-order valence-corrected chi connectivity index (χ3v) is 9.45. The van der Waals surface area contributed by atoms with Gasteiger partial charge in [-0.1, -0.05) is 68.2 Å². The van der Waals surface area contributed by atoms with E-state index < -0.39 is 11.1 Å². The number of β-amino-alcohol motifs (C(OH)–C–C–N with tert-alkyl or cyclic N) is 1. The van der Waals surface area contributed by atoms with Gasteiger partial charge in [0.15, 0.2) is 0 Å². The van der Waals surface area contributed by atoms with E-state index in [2.05, 4.69) is 4.90 Å². The van der Waals surface area contributed by atoms with Gasteiger partial charge in [-0.05, 0) is 56.2 Å². The fraction of sp³-hybridized carbons (Fsp3) is 0.471. The highest BCUT2D eigenvalue weighted by atomic mass is 35.5. The normalized spacial score (nSPS) is 22.5. The van der Waals surface area contributed by atoms with E-state index in [9.17, 15) is 9.90 Å². The first-order valence-electron chi connectivity index (χ1n) is 15.4. The molecule has 0 bridgehead atoms. The topological polar surface area (TPSA) is 94.4 Å². The molecule has 2 aliphatic rings.